The Hall–Kier alpha value is -2.02. The molecular formula is C12H11NO3. The van der Waals surface area contributed by atoms with Gasteiger partial charge in [0.2, 0.25) is 0 Å². The maximum atomic E-state index is 11.0. The van der Waals surface area contributed by atoms with Gasteiger partial charge in [-0.05, 0) is 37.5 Å². The van der Waals surface area contributed by atoms with Gasteiger partial charge in [-0.3, -0.25) is 0 Å². The van der Waals surface area contributed by atoms with E-state index in [4.69, 9.17) is 15.1 Å². The second-order valence-corrected chi connectivity index (χ2v) is 3.80. The molecule has 0 spiro atoms. The molecule has 1 aliphatic rings. The zero-order valence-corrected chi connectivity index (χ0v) is 8.64. The van der Waals surface area contributed by atoms with Crippen molar-refractivity contribution in [2.75, 3.05) is 0 Å². The average molecular weight is 217 g/mol. The Morgan fingerprint density at radius 2 is 2.25 bits per heavy atom. The number of hydrogen-bond acceptors (Lipinski definition) is 3. The fourth-order valence-electron chi connectivity index (χ4n) is 1.54. The van der Waals surface area contributed by atoms with Crippen LogP contribution in [0.5, 0.6) is 5.75 Å². The first-order valence-electron chi connectivity index (χ1n) is 5.15. The van der Waals surface area contributed by atoms with Gasteiger partial charge in [0.25, 0.3) is 0 Å². The fourth-order valence-corrected chi connectivity index (χ4v) is 1.54. The van der Waals surface area contributed by atoms with Crippen LogP contribution in [0.2, 0.25) is 0 Å². The Balaban J connectivity index is 2.28. The van der Waals surface area contributed by atoms with Crippen molar-refractivity contribution in [3.05, 3.63) is 29.3 Å². The van der Waals surface area contributed by atoms with Crippen LogP contribution in [0.25, 0.3) is 0 Å². The first-order valence-corrected chi connectivity index (χ1v) is 5.15. The van der Waals surface area contributed by atoms with Crippen molar-refractivity contribution >= 4 is 5.97 Å². The molecule has 0 aliphatic heterocycles. The zero-order chi connectivity index (χ0) is 11.5. The van der Waals surface area contributed by atoms with Crippen molar-refractivity contribution < 1.29 is 14.6 Å². The Morgan fingerprint density at radius 3 is 2.75 bits per heavy atom. The van der Waals surface area contributed by atoms with E-state index >= 15 is 0 Å². The van der Waals surface area contributed by atoms with Gasteiger partial charge in [0.05, 0.1) is 17.7 Å². The number of nitrogens with zero attached hydrogens (tertiary/aromatic N) is 1. The van der Waals surface area contributed by atoms with Crippen LogP contribution in [0.1, 0.15) is 35.2 Å². The molecule has 0 amide bonds. The molecular weight excluding hydrogens is 206 g/mol. The van der Waals surface area contributed by atoms with Crippen LogP contribution in [-0.4, -0.2) is 17.2 Å². The third kappa shape index (κ3) is 1.98. The molecule has 0 saturated heterocycles. The van der Waals surface area contributed by atoms with Crippen LogP contribution in [0.3, 0.4) is 0 Å². The first-order chi connectivity index (χ1) is 7.70. The number of nitriles is 1. The smallest absolute Gasteiger partial charge is 0.339 e. The largest absolute Gasteiger partial charge is 0.490 e. The first kappa shape index (κ1) is 10.5. The Kier molecular flexibility index (Phi) is 2.78. The van der Waals surface area contributed by atoms with Crippen LogP contribution in [0.15, 0.2) is 18.2 Å². The average Bonchev–Trinajstić information content (AvgIpc) is 2.23. The van der Waals surface area contributed by atoms with Crippen molar-refractivity contribution in [3.63, 3.8) is 0 Å². The molecule has 1 aromatic carbocycles. The standard InChI is InChI=1S/C12H11NO3/c13-7-8-4-5-11(10(6-8)12(14)15)16-9-2-1-3-9/h4-6,9H,1-3H2,(H,14,15). The number of carboxylic acids is 1. The summed E-state index contributed by atoms with van der Waals surface area (Å²) in [5, 5.41) is 17.7. The van der Waals surface area contributed by atoms with Crippen LogP contribution in [0, 0.1) is 11.3 Å². The summed E-state index contributed by atoms with van der Waals surface area (Å²) >= 11 is 0. The molecule has 4 heteroatoms. The summed E-state index contributed by atoms with van der Waals surface area (Å²) in [5.74, 6) is -0.706. The van der Waals surface area contributed by atoms with Crippen LogP contribution in [0.4, 0.5) is 0 Å². The SMILES string of the molecule is N#Cc1ccc(OC2CCC2)c(C(=O)O)c1. The van der Waals surface area contributed by atoms with Crippen molar-refractivity contribution in [2.45, 2.75) is 25.4 Å². The Morgan fingerprint density at radius 1 is 1.50 bits per heavy atom. The summed E-state index contributed by atoms with van der Waals surface area (Å²) in [5.41, 5.74) is 0.393. The van der Waals surface area contributed by atoms with E-state index in [-0.39, 0.29) is 11.7 Å². The molecule has 4 nitrogen and oxygen atoms in total. The third-order valence-electron chi connectivity index (χ3n) is 2.68. The summed E-state index contributed by atoms with van der Waals surface area (Å²) in [6.45, 7) is 0. The monoisotopic (exact) mass is 217 g/mol. The van der Waals surface area contributed by atoms with Crippen molar-refractivity contribution in [1.82, 2.24) is 0 Å². The van der Waals surface area contributed by atoms with E-state index in [1.165, 1.54) is 6.07 Å². The molecule has 0 heterocycles. The molecule has 1 aliphatic carbocycles. The number of ether oxygens (including phenoxy) is 1. The molecule has 1 fully saturated rings. The maximum absolute atomic E-state index is 11.0. The van der Waals surface area contributed by atoms with E-state index in [1.807, 2.05) is 6.07 Å². The predicted molar refractivity (Wildman–Crippen MR) is 56.4 cm³/mol. The van der Waals surface area contributed by atoms with E-state index in [2.05, 4.69) is 0 Å². The van der Waals surface area contributed by atoms with Crippen LogP contribution < -0.4 is 4.74 Å². The summed E-state index contributed by atoms with van der Waals surface area (Å²) in [6, 6.07) is 6.38. The minimum absolute atomic E-state index is 0.0611. The maximum Gasteiger partial charge on any atom is 0.339 e. The summed E-state index contributed by atoms with van der Waals surface area (Å²) in [6.07, 6.45) is 3.20. The Labute approximate surface area is 93.1 Å². The zero-order valence-electron chi connectivity index (χ0n) is 8.64. The highest BCUT2D eigenvalue weighted by Gasteiger charge is 2.22. The van der Waals surface area contributed by atoms with Crippen LogP contribution in [-0.2, 0) is 0 Å². The van der Waals surface area contributed by atoms with Gasteiger partial charge < -0.3 is 9.84 Å². The molecule has 0 radical (unpaired) electrons. The summed E-state index contributed by atoms with van der Waals surface area (Å²) in [7, 11) is 0. The molecule has 1 aromatic rings. The lowest BCUT2D eigenvalue weighted by Crippen LogP contribution is -2.25. The number of carboxylic acid groups (broad SMARTS) is 1. The normalized spacial score (nSPS) is 14.9. The lowest BCUT2D eigenvalue weighted by atomic mass is 9.96. The highest BCUT2D eigenvalue weighted by atomic mass is 16.5. The van der Waals surface area contributed by atoms with Gasteiger partial charge in [0.1, 0.15) is 11.3 Å². The number of carbonyl (C=O) groups is 1. The van der Waals surface area contributed by atoms with Crippen LogP contribution >= 0.6 is 0 Å². The highest BCUT2D eigenvalue weighted by molar-refractivity contribution is 5.91. The molecule has 82 valence electrons. The van der Waals surface area contributed by atoms with E-state index in [0.717, 1.165) is 19.3 Å². The number of benzene rings is 1. The second-order valence-electron chi connectivity index (χ2n) is 3.80. The third-order valence-corrected chi connectivity index (χ3v) is 2.68. The quantitative estimate of drug-likeness (QED) is 0.842. The van der Waals surface area contributed by atoms with Crippen molar-refractivity contribution in [3.8, 4) is 11.8 Å². The second kappa shape index (κ2) is 4.23. The van der Waals surface area contributed by atoms with Gasteiger partial charge in [-0.25, -0.2) is 4.79 Å². The Bertz CT molecular complexity index is 458. The molecule has 16 heavy (non-hydrogen) atoms. The predicted octanol–water partition coefficient (Wildman–Crippen LogP) is 2.19. The number of hydrogen-bond donors (Lipinski definition) is 1. The topological polar surface area (TPSA) is 70.3 Å². The van der Waals surface area contributed by atoms with E-state index in [1.54, 1.807) is 12.1 Å². The van der Waals surface area contributed by atoms with Crippen molar-refractivity contribution in [2.24, 2.45) is 0 Å². The molecule has 2 rings (SSSR count). The highest BCUT2D eigenvalue weighted by Crippen LogP contribution is 2.28. The fraction of sp³-hybridized carbons (Fsp3) is 0.333. The molecule has 1 saturated carbocycles. The van der Waals surface area contributed by atoms with Gasteiger partial charge in [0, 0.05) is 0 Å². The van der Waals surface area contributed by atoms with E-state index in [0.29, 0.717) is 11.3 Å². The lowest BCUT2D eigenvalue weighted by molar-refractivity contribution is 0.0679. The molecule has 0 unspecified atom stereocenters. The van der Waals surface area contributed by atoms with E-state index < -0.39 is 5.97 Å². The van der Waals surface area contributed by atoms with E-state index in [9.17, 15) is 4.79 Å². The summed E-state index contributed by atoms with van der Waals surface area (Å²) in [4.78, 5) is 11.0. The van der Waals surface area contributed by atoms with Gasteiger partial charge in [-0.15, -0.1) is 0 Å². The number of aromatic carboxylic acids is 1. The minimum atomic E-state index is -1.06. The molecule has 0 bridgehead atoms. The van der Waals surface area contributed by atoms with Gasteiger partial charge in [0.15, 0.2) is 0 Å². The van der Waals surface area contributed by atoms with Crippen molar-refractivity contribution in [1.29, 1.82) is 5.26 Å². The van der Waals surface area contributed by atoms with Gasteiger partial charge in [-0.1, -0.05) is 0 Å². The minimum Gasteiger partial charge on any atom is -0.490 e. The summed E-state index contributed by atoms with van der Waals surface area (Å²) < 4.78 is 5.55. The van der Waals surface area contributed by atoms with Gasteiger partial charge in [-0.2, -0.15) is 5.26 Å². The molecule has 0 aromatic heterocycles. The van der Waals surface area contributed by atoms with Gasteiger partial charge >= 0.3 is 5.97 Å². The molecule has 1 N–H and O–H groups in total. The number of rotatable bonds is 3. The lowest BCUT2D eigenvalue weighted by Gasteiger charge is -2.27. The molecule has 0 atom stereocenters.